The summed E-state index contributed by atoms with van der Waals surface area (Å²) >= 11 is 7.59. The van der Waals surface area contributed by atoms with E-state index in [2.05, 4.69) is 5.32 Å². The number of nitrogens with one attached hydrogen (secondary N) is 1. The fourth-order valence-corrected chi connectivity index (χ4v) is 4.19. The molecule has 1 aromatic carbocycles. The number of rotatable bonds is 3. The predicted molar refractivity (Wildman–Crippen MR) is 105 cm³/mol. The third kappa shape index (κ3) is 5.25. The highest BCUT2D eigenvalue weighted by Crippen LogP contribution is 2.18. The predicted octanol–water partition coefficient (Wildman–Crippen LogP) is 2.28. The van der Waals surface area contributed by atoms with Crippen LogP contribution in [0.5, 0.6) is 0 Å². The molecule has 2 aliphatic rings. The number of benzene rings is 1. The molecule has 26 heavy (non-hydrogen) atoms. The van der Waals surface area contributed by atoms with Crippen LogP contribution >= 0.6 is 35.8 Å². The number of hydrogen-bond donors (Lipinski definition) is 1. The van der Waals surface area contributed by atoms with Gasteiger partial charge < -0.3 is 15.1 Å². The van der Waals surface area contributed by atoms with E-state index in [0.29, 0.717) is 32.6 Å². The normalized spacial score (nSPS) is 20.5. The largest absolute Gasteiger partial charge is 0.339 e. The van der Waals surface area contributed by atoms with Crippen molar-refractivity contribution in [1.29, 1.82) is 0 Å². The Hall–Kier alpha value is -1.02. The topological polar surface area (TPSA) is 52.7 Å². The summed E-state index contributed by atoms with van der Waals surface area (Å²) in [5.41, 5.74) is 0.0209. The molecule has 2 amide bonds. The van der Waals surface area contributed by atoms with Gasteiger partial charge in [0.15, 0.2) is 0 Å². The zero-order valence-electron chi connectivity index (χ0n) is 14.2. The maximum atomic E-state index is 13.9. The Balaban J connectivity index is 0.00000243. The monoisotopic (exact) mass is 421 g/mol. The zero-order valence-corrected chi connectivity index (χ0v) is 16.6. The van der Waals surface area contributed by atoms with Crippen molar-refractivity contribution in [3.8, 4) is 0 Å². The molecule has 9 heteroatoms. The van der Waals surface area contributed by atoms with Gasteiger partial charge in [-0.15, -0.1) is 12.4 Å². The van der Waals surface area contributed by atoms with Crippen molar-refractivity contribution in [2.24, 2.45) is 0 Å². The van der Waals surface area contributed by atoms with Crippen molar-refractivity contribution in [1.82, 2.24) is 15.1 Å². The second-order valence-electron chi connectivity index (χ2n) is 6.23. The van der Waals surface area contributed by atoms with Gasteiger partial charge in [-0.25, -0.2) is 4.39 Å². The molecule has 0 bridgehead atoms. The molecule has 2 fully saturated rings. The van der Waals surface area contributed by atoms with Crippen molar-refractivity contribution in [2.75, 3.05) is 44.2 Å². The number of halogens is 3. The third-order valence-corrected chi connectivity index (χ3v) is 5.87. The maximum Gasteiger partial charge on any atom is 0.256 e. The molecule has 0 aliphatic carbocycles. The molecule has 2 heterocycles. The summed E-state index contributed by atoms with van der Waals surface area (Å²) in [7, 11) is 0. The fraction of sp³-hybridized carbons (Fsp3) is 0.529. The van der Waals surface area contributed by atoms with E-state index in [9.17, 15) is 14.0 Å². The number of hydrogen-bond acceptors (Lipinski definition) is 4. The third-order valence-electron chi connectivity index (χ3n) is 4.50. The average Bonchev–Trinajstić information content (AvgIpc) is 2.62. The minimum atomic E-state index is -0.614. The zero-order chi connectivity index (χ0) is 17.8. The van der Waals surface area contributed by atoms with Gasteiger partial charge >= 0.3 is 0 Å². The van der Waals surface area contributed by atoms with E-state index in [0.717, 1.165) is 24.1 Å². The van der Waals surface area contributed by atoms with Crippen molar-refractivity contribution >= 4 is 47.6 Å². The molecule has 1 atom stereocenters. The van der Waals surface area contributed by atoms with Gasteiger partial charge in [-0.3, -0.25) is 9.59 Å². The second-order valence-corrected chi connectivity index (χ2v) is 7.81. The van der Waals surface area contributed by atoms with Crippen LogP contribution < -0.4 is 5.32 Å². The van der Waals surface area contributed by atoms with Crippen LogP contribution in [0.15, 0.2) is 18.2 Å². The molecule has 0 saturated carbocycles. The summed E-state index contributed by atoms with van der Waals surface area (Å²) in [6, 6.07) is 4.29. The standard InChI is InChI=1S/C17H21ClFN3O2S.ClH/c18-12-1-2-14(15(19)9-12)17(24)22-6-4-21(5-7-22)16(23)10-13-11-25-8-3-20-13;/h1-2,9,13,20H,3-8,10-11H2;1H. The molecular weight excluding hydrogens is 400 g/mol. The fourth-order valence-electron chi connectivity index (χ4n) is 3.08. The molecule has 1 N–H and O–H groups in total. The molecule has 1 unspecified atom stereocenters. The van der Waals surface area contributed by atoms with Gasteiger partial charge in [0.1, 0.15) is 5.82 Å². The number of amides is 2. The minimum absolute atomic E-state index is 0. The van der Waals surface area contributed by atoms with Gasteiger partial charge in [0, 0.05) is 61.7 Å². The second kappa shape index (κ2) is 9.78. The summed E-state index contributed by atoms with van der Waals surface area (Å²) in [4.78, 5) is 28.2. The molecule has 2 aliphatic heterocycles. The lowest BCUT2D eigenvalue weighted by Gasteiger charge is -2.36. The van der Waals surface area contributed by atoms with E-state index in [-0.39, 0.29) is 40.8 Å². The highest BCUT2D eigenvalue weighted by Gasteiger charge is 2.27. The van der Waals surface area contributed by atoms with Gasteiger partial charge in [0.2, 0.25) is 5.91 Å². The Labute approximate surface area is 168 Å². The van der Waals surface area contributed by atoms with Crippen molar-refractivity contribution in [3.05, 3.63) is 34.6 Å². The van der Waals surface area contributed by atoms with E-state index in [1.54, 1.807) is 9.80 Å². The van der Waals surface area contributed by atoms with E-state index >= 15 is 0 Å². The van der Waals surface area contributed by atoms with Crippen LogP contribution in [-0.4, -0.2) is 71.9 Å². The quantitative estimate of drug-likeness (QED) is 0.812. The van der Waals surface area contributed by atoms with Crippen LogP contribution in [0, 0.1) is 5.82 Å². The molecule has 2 saturated heterocycles. The van der Waals surface area contributed by atoms with E-state index in [1.165, 1.54) is 12.1 Å². The van der Waals surface area contributed by atoms with Crippen LogP contribution in [0.2, 0.25) is 5.02 Å². The highest BCUT2D eigenvalue weighted by atomic mass is 35.5. The van der Waals surface area contributed by atoms with Gasteiger partial charge in [-0.2, -0.15) is 11.8 Å². The molecule has 0 radical (unpaired) electrons. The Kier molecular flexibility index (Phi) is 8.01. The molecule has 0 aromatic heterocycles. The van der Waals surface area contributed by atoms with Gasteiger partial charge in [-0.05, 0) is 18.2 Å². The number of piperazine rings is 1. The van der Waals surface area contributed by atoms with E-state index < -0.39 is 5.82 Å². The average molecular weight is 422 g/mol. The first kappa shape index (κ1) is 21.3. The number of nitrogens with zero attached hydrogens (tertiary/aromatic N) is 2. The number of carbonyl (C=O) groups is 2. The molecule has 0 spiro atoms. The first-order valence-corrected chi connectivity index (χ1v) is 9.91. The summed E-state index contributed by atoms with van der Waals surface area (Å²) in [5.74, 6) is 1.19. The molecule has 1 aromatic rings. The summed E-state index contributed by atoms with van der Waals surface area (Å²) in [6.07, 6.45) is 0.493. The lowest BCUT2D eigenvalue weighted by molar-refractivity contribution is -0.133. The van der Waals surface area contributed by atoms with Crippen LogP contribution in [0.1, 0.15) is 16.8 Å². The lowest BCUT2D eigenvalue weighted by atomic mass is 10.1. The Morgan fingerprint density at radius 2 is 1.92 bits per heavy atom. The highest BCUT2D eigenvalue weighted by molar-refractivity contribution is 7.99. The van der Waals surface area contributed by atoms with Crippen molar-refractivity contribution in [2.45, 2.75) is 12.5 Å². The molecule has 3 rings (SSSR count). The van der Waals surface area contributed by atoms with Crippen LogP contribution in [0.3, 0.4) is 0 Å². The van der Waals surface area contributed by atoms with Gasteiger partial charge in [0.25, 0.3) is 5.91 Å². The SMILES string of the molecule is Cl.O=C(CC1CSCCN1)N1CCN(C(=O)c2ccc(Cl)cc2F)CC1. The Morgan fingerprint density at radius 3 is 2.54 bits per heavy atom. The first-order valence-electron chi connectivity index (χ1n) is 8.38. The maximum absolute atomic E-state index is 13.9. The van der Waals surface area contributed by atoms with E-state index in [1.807, 2.05) is 11.8 Å². The summed E-state index contributed by atoms with van der Waals surface area (Å²) in [6.45, 7) is 2.75. The van der Waals surface area contributed by atoms with Crippen molar-refractivity contribution in [3.63, 3.8) is 0 Å². The van der Waals surface area contributed by atoms with Gasteiger partial charge in [0.05, 0.1) is 5.56 Å². The lowest BCUT2D eigenvalue weighted by Crippen LogP contribution is -2.52. The number of thioether (sulfide) groups is 1. The van der Waals surface area contributed by atoms with Gasteiger partial charge in [-0.1, -0.05) is 11.6 Å². The van der Waals surface area contributed by atoms with Crippen LogP contribution in [-0.2, 0) is 4.79 Å². The summed E-state index contributed by atoms with van der Waals surface area (Å²) < 4.78 is 13.9. The summed E-state index contributed by atoms with van der Waals surface area (Å²) in [5, 5.41) is 3.63. The Bertz CT molecular complexity index is 651. The smallest absolute Gasteiger partial charge is 0.256 e. The van der Waals surface area contributed by atoms with Crippen molar-refractivity contribution < 1.29 is 14.0 Å². The Morgan fingerprint density at radius 1 is 1.23 bits per heavy atom. The first-order chi connectivity index (χ1) is 12.0. The van der Waals surface area contributed by atoms with Crippen LogP contribution in [0.4, 0.5) is 4.39 Å². The molecule has 5 nitrogen and oxygen atoms in total. The number of carbonyl (C=O) groups excluding carboxylic acids is 2. The minimum Gasteiger partial charge on any atom is -0.339 e. The molecule has 144 valence electrons. The van der Waals surface area contributed by atoms with E-state index in [4.69, 9.17) is 11.6 Å². The molecular formula is C17H22Cl2FN3O2S. The van der Waals surface area contributed by atoms with Crippen LogP contribution in [0.25, 0.3) is 0 Å².